The molecule has 0 amide bonds. The Hall–Kier alpha value is -3.03. The SMILES string of the molecule is NC=NC(=Nc1ccc(Cl)cc1Cl)C1CC(n2cc(-c3cc(F)c(F)c(F)c3)nn2)C(O)C(CO)O1. The van der Waals surface area contributed by atoms with Gasteiger partial charge in [-0.1, -0.05) is 28.4 Å². The Kier molecular flexibility index (Phi) is 7.91. The molecule has 4 unspecified atom stereocenters. The zero-order valence-corrected chi connectivity index (χ0v) is 19.8. The molecule has 9 nitrogen and oxygen atoms in total. The molecule has 36 heavy (non-hydrogen) atoms. The van der Waals surface area contributed by atoms with Crippen LogP contribution in [0.3, 0.4) is 0 Å². The second kappa shape index (κ2) is 10.9. The summed E-state index contributed by atoms with van der Waals surface area (Å²) < 4.78 is 47.8. The number of rotatable bonds is 5. The van der Waals surface area contributed by atoms with Crippen LogP contribution in [0.4, 0.5) is 18.9 Å². The first kappa shape index (κ1) is 26.0. The first-order chi connectivity index (χ1) is 17.2. The minimum Gasteiger partial charge on any atom is -0.394 e. The van der Waals surface area contributed by atoms with Gasteiger partial charge in [0.15, 0.2) is 23.3 Å². The number of aliphatic imine (C=N–C) groups is 2. The molecule has 1 fully saturated rings. The van der Waals surface area contributed by atoms with Crippen LogP contribution in [-0.2, 0) is 4.74 Å². The number of hydrogen-bond donors (Lipinski definition) is 3. The predicted octanol–water partition coefficient (Wildman–Crippen LogP) is 3.44. The van der Waals surface area contributed by atoms with Crippen LogP contribution in [0.25, 0.3) is 11.3 Å². The summed E-state index contributed by atoms with van der Waals surface area (Å²) in [6.07, 6.45) is -0.809. The lowest BCUT2D eigenvalue weighted by molar-refractivity contribution is -0.137. The topological polar surface area (TPSA) is 131 Å². The molecule has 3 aromatic rings. The summed E-state index contributed by atoms with van der Waals surface area (Å²) in [6, 6.07) is 5.39. The molecule has 4 N–H and O–H groups in total. The number of ether oxygens (including phenoxy) is 1. The van der Waals surface area contributed by atoms with Crippen molar-refractivity contribution in [2.24, 2.45) is 15.7 Å². The second-order valence-corrected chi connectivity index (χ2v) is 8.66. The fraction of sp³-hybridized carbons (Fsp3) is 0.273. The van der Waals surface area contributed by atoms with Crippen molar-refractivity contribution >= 4 is 41.1 Å². The van der Waals surface area contributed by atoms with Crippen LogP contribution in [0.1, 0.15) is 12.5 Å². The van der Waals surface area contributed by atoms with Crippen molar-refractivity contribution in [3.8, 4) is 11.3 Å². The average molecular weight is 543 g/mol. The molecule has 0 spiro atoms. The molecule has 0 radical (unpaired) electrons. The molecule has 14 heteroatoms. The number of nitrogens with two attached hydrogens (primary N) is 1. The van der Waals surface area contributed by atoms with E-state index in [1.807, 2.05) is 0 Å². The van der Waals surface area contributed by atoms with Gasteiger partial charge in [-0.25, -0.2) is 27.8 Å². The Morgan fingerprint density at radius 2 is 1.94 bits per heavy atom. The standard InChI is InChI=1S/C22H19Cl2F3N6O3/c23-11-1-2-15(12(24)5-11)30-22(29-9-28)18-6-17(21(35)19(8-34)36-18)33-7-16(31-32-33)10-3-13(25)20(27)14(26)4-10/h1-5,7,9,17-19,21,34-35H,6,8H2,(H2,28,29,30). The van der Waals surface area contributed by atoms with Gasteiger partial charge < -0.3 is 20.7 Å². The Balaban J connectivity index is 1.68. The number of halogens is 5. The van der Waals surface area contributed by atoms with Crippen molar-refractivity contribution in [1.29, 1.82) is 0 Å². The van der Waals surface area contributed by atoms with E-state index in [1.54, 1.807) is 12.1 Å². The van der Waals surface area contributed by atoms with E-state index in [9.17, 15) is 23.4 Å². The number of aromatic nitrogens is 3. The summed E-state index contributed by atoms with van der Waals surface area (Å²) in [5, 5.41) is 29.1. The van der Waals surface area contributed by atoms with E-state index in [4.69, 9.17) is 33.7 Å². The van der Waals surface area contributed by atoms with Gasteiger partial charge in [0.2, 0.25) is 0 Å². The van der Waals surface area contributed by atoms with Gasteiger partial charge in [0.25, 0.3) is 0 Å². The first-order valence-corrected chi connectivity index (χ1v) is 11.3. The van der Waals surface area contributed by atoms with Crippen LogP contribution in [0.5, 0.6) is 0 Å². The molecule has 4 rings (SSSR count). The van der Waals surface area contributed by atoms with Crippen LogP contribution in [-0.4, -0.2) is 62.3 Å². The first-order valence-electron chi connectivity index (χ1n) is 10.5. The molecule has 190 valence electrons. The van der Waals surface area contributed by atoms with Crippen LogP contribution < -0.4 is 5.73 Å². The van der Waals surface area contributed by atoms with E-state index >= 15 is 0 Å². The maximum Gasteiger partial charge on any atom is 0.194 e. The number of nitrogens with zero attached hydrogens (tertiary/aromatic N) is 5. The minimum atomic E-state index is -1.60. The van der Waals surface area contributed by atoms with E-state index in [1.165, 1.54) is 16.9 Å². The summed E-state index contributed by atoms with van der Waals surface area (Å²) in [4.78, 5) is 8.48. The highest BCUT2D eigenvalue weighted by atomic mass is 35.5. The number of aliphatic hydroxyl groups is 2. The molecule has 2 heterocycles. The Morgan fingerprint density at radius 1 is 1.22 bits per heavy atom. The fourth-order valence-corrected chi connectivity index (χ4v) is 4.22. The van der Waals surface area contributed by atoms with Crippen molar-refractivity contribution in [3.63, 3.8) is 0 Å². The van der Waals surface area contributed by atoms with Gasteiger partial charge >= 0.3 is 0 Å². The van der Waals surface area contributed by atoms with Gasteiger partial charge in [-0.2, -0.15) is 0 Å². The zero-order chi connectivity index (χ0) is 26.0. The third-order valence-electron chi connectivity index (χ3n) is 5.52. The van der Waals surface area contributed by atoms with Crippen LogP contribution in [0, 0.1) is 17.5 Å². The maximum absolute atomic E-state index is 13.7. The highest BCUT2D eigenvalue weighted by Crippen LogP contribution is 2.34. The quantitative estimate of drug-likeness (QED) is 0.257. The molecular weight excluding hydrogens is 524 g/mol. The average Bonchev–Trinajstić information content (AvgIpc) is 3.34. The Morgan fingerprint density at radius 3 is 2.58 bits per heavy atom. The molecule has 1 aliphatic heterocycles. The lowest BCUT2D eigenvalue weighted by Gasteiger charge is -2.38. The molecule has 4 atom stereocenters. The predicted molar refractivity (Wildman–Crippen MR) is 127 cm³/mol. The van der Waals surface area contributed by atoms with E-state index < -0.39 is 48.4 Å². The van der Waals surface area contributed by atoms with Gasteiger partial charge in [-0.05, 0) is 30.3 Å². The Labute approximate surface area is 212 Å². The molecule has 0 saturated carbocycles. The van der Waals surface area contributed by atoms with E-state index in [-0.39, 0.29) is 28.5 Å². The number of benzene rings is 2. The van der Waals surface area contributed by atoms with E-state index in [0.29, 0.717) is 10.7 Å². The Bertz CT molecular complexity index is 1300. The summed E-state index contributed by atoms with van der Waals surface area (Å²) in [5.41, 5.74) is 5.81. The maximum atomic E-state index is 13.7. The van der Waals surface area contributed by atoms with Gasteiger partial charge in [0, 0.05) is 17.0 Å². The van der Waals surface area contributed by atoms with Crippen molar-refractivity contribution in [2.75, 3.05) is 6.61 Å². The largest absolute Gasteiger partial charge is 0.394 e. The summed E-state index contributed by atoms with van der Waals surface area (Å²) in [6.45, 7) is -0.550. The normalized spacial score (nSPS) is 22.9. The van der Waals surface area contributed by atoms with Crippen LogP contribution >= 0.6 is 23.2 Å². The molecule has 0 aliphatic carbocycles. The highest BCUT2D eigenvalue weighted by molar-refractivity contribution is 6.36. The van der Waals surface area contributed by atoms with Gasteiger partial charge in [-0.3, -0.25) is 0 Å². The monoisotopic (exact) mass is 542 g/mol. The van der Waals surface area contributed by atoms with Crippen molar-refractivity contribution < 1.29 is 28.1 Å². The molecule has 1 aromatic heterocycles. The lowest BCUT2D eigenvalue weighted by atomic mass is 9.95. The molecular formula is C22H19Cl2F3N6O3. The van der Waals surface area contributed by atoms with E-state index in [0.717, 1.165) is 18.5 Å². The molecule has 0 bridgehead atoms. The van der Waals surface area contributed by atoms with Gasteiger partial charge in [0.1, 0.15) is 24.0 Å². The second-order valence-electron chi connectivity index (χ2n) is 7.82. The number of aliphatic hydroxyl groups excluding tert-OH is 2. The number of amidine groups is 1. The van der Waals surface area contributed by atoms with Crippen molar-refractivity contribution in [3.05, 3.63) is 64.0 Å². The van der Waals surface area contributed by atoms with Gasteiger partial charge in [0.05, 0.1) is 35.9 Å². The summed E-state index contributed by atoms with van der Waals surface area (Å²) >= 11 is 12.2. The molecule has 1 aliphatic rings. The molecule has 1 saturated heterocycles. The van der Waals surface area contributed by atoms with Crippen LogP contribution in [0.2, 0.25) is 10.0 Å². The highest BCUT2D eigenvalue weighted by Gasteiger charge is 2.41. The third-order valence-corrected chi connectivity index (χ3v) is 6.06. The molecule has 2 aromatic carbocycles. The van der Waals surface area contributed by atoms with Gasteiger partial charge in [-0.15, -0.1) is 5.10 Å². The smallest absolute Gasteiger partial charge is 0.194 e. The van der Waals surface area contributed by atoms with Crippen molar-refractivity contribution in [2.45, 2.75) is 30.8 Å². The fourth-order valence-electron chi connectivity index (χ4n) is 3.77. The third kappa shape index (κ3) is 5.37. The summed E-state index contributed by atoms with van der Waals surface area (Å²) in [5.74, 6) is -4.27. The van der Waals surface area contributed by atoms with E-state index in [2.05, 4.69) is 20.3 Å². The minimum absolute atomic E-state index is 0.0328. The lowest BCUT2D eigenvalue weighted by Crippen LogP contribution is -2.49. The summed E-state index contributed by atoms with van der Waals surface area (Å²) in [7, 11) is 0. The van der Waals surface area contributed by atoms with Crippen molar-refractivity contribution in [1.82, 2.24) is 15.0 Å². The number of hydrogen-bond acceptors (Lipinski definition) is 6. The zero-order valence-electron chi connectivity index (χ0n) is 18.3. The van der Waals surface area contributed by atoms with Crippen LogP contribution in [0.15, 0.2) is 46.5 Å².